The Kier molecular flexibility index (Phi) is 5.06. The van der Waals surface area contributed by atoms with Crippen molar-refractivity contribution in [3.63, 3.8) is 0 Å². The van der Waals surface area contributed by atoms with E-state index in [-0.39, 0.29) is 6.42 Å². The summed E-state index contributed by atoms with van der Waals surface area (Å²) < 4.78 is 78.6. The van der Waals surface area contributed by atoms with Crippen LogP contribution in [0.25, 0.3) is 0 Å². The van der Waals surface area contributed by atoms with E-state index in [1.54, 1.807) is 0 Å². The first-order chi connectivity index (χ1) is 7.12. The SMILES string of the molecule is CCCC(OCCO)(C(F)(F)F)C(F)(F)F. The van der Waals surface area contributed by atoms with Gasteiger partial charge >= 0.3 is 12.4 Å². The molecule has 1 N–H and O–H groups in total. The molecule has 0 aromatic rings. The van der Waals surface area contributed by atoms with Gasteiger partial charge in [0.05, 0.1) is 13.2 Å². The summed E-state index contributed by atoms with van der Waals surface area (Å²) in [7, 11) is 0. The first-order valence-corrected chi connectivity index (χ1v) is 4.50. The molecule has 0 aliphatic heterocycles. The molecule has 0 spiro atoms. The van der Waals surface area contributed by atoms with Crippen LogP contribution in [0, 0.1) is 0 Å². The van der Waals surface area contributed by atoms with Crippen molar-refractivity contribution in [2.75, 3.05) is 13.2 Å². The zero-order chi connectivity index (χ0) is 13.0. The second kappa shape index (κ2) is 5.22. The first kappa shape index (κ1) is 15.5. The van der Waals surface area contributed by atoms with E-state index in [9.17, 15) is 26.3 Å². The quantitative estimate of drug-likeness (QED) is 0.764. The van der Waals surface area contributed by atoms with Crippen LogP contribution in [0.4, 0.5) is 26.3 Å². The summed E-state index contributed by atoms with van der Waals surface area (Å²) >= 11 is 0. The maximum atomic E-state index is 12.5. The minimum Gasteiger partial charge on any atom is -0.394 e. The van der Waals surface area contributed by atoms with Crippen molar-refractivity contribution in [3.05, 3.63) is 0 Å². The molecule has 0 saturated heterocycles. The van der Waals surface area contributed by atoms with Crippen LogP contribution in [-0.2, 0) is 4.74 Å². The molecular formula is C8H12F6O2. The maximum Gasteiger partial charge on any atom is 0.426 e. The topological polar surface area (TPSA) is 29.5 Å². The lowest BCUT2D eigenvalue weighted by atomic mass is 9.96. The summed E-state index contributed by atoms with van der Waals surface area (Å²) in [6, 6.07) is 0. The largest absolute Gasteiger partial charge is 0.426 e. The third kappa shape index (κ3) is 3.00. The van der Waals surface area contributed by atoms with Gasteiger partial charge in [-0.05, 0) is 6.42 Å². The van der Waals surface area contributed by atoms with Crippen LogP contribution in [0.5, 0.6) is 0 Å². The molecule has 0 fully saturated rings. The molecule has 0 aromatic heterocycles. The predicted molar refractivity (Wildman–Crippen MR) is 42.8 cm³/mol. The van der Waals surface area contributed by atoms with Crippen molar-refractivity contribution in [2.45, 2.75) is 37.7 Å². The summed E-state index contributed by atoms with van der Waals surface area (Å²) in [6.07, 6.45) is -12.7. The minimum absolute atomic E-state index is 0.343. The highest BCUT2D eigenvalue weighted by Crippen LogP contribution is 2.48. The first-order valence-electron chi connectivity index (χ1n) is 4.50. The van der Waals surface area contributed by atoms with E-state index < -0.39 is 37.6 Å². The number of alkyl halides is 6. The molecule has 0 radical (unpaired) electrons. The van der Waals surface area contributed by atoms with Gasteiger partial charge in [0.15, 0.2) is 0 Å². The number of aliphatic hydroxyl groups is 1. The lowest BCUT2D eigenvalue weighted by molar-refractivity contribution is -0.383. The summed E-state index contributed by atoms with van der Waals surface area (Å²) in [5.41, 5.74) is -4.18. The molecule has 0 aromatic carbocycles. The Morgan fingerprint density at radius 2 is 1.44 bits per heavy atom. The van der Waals surface area contributed by atoms with E-state index in [4.69, 9.17) is 5.11 Å². The number of ether oxygens (including phenoxy) is 1. The zero-order valence-electron chi connectivity index (χ0n) is 8.45. The molecule has 0 aliphatic carbocycles. The highest BCUT2D eigenvalue weighted by Gasteiger charge is 2.71. The van der Waals surface area contributed by atoms with E-state index in [1.807, 2.05) is 0 Å². The van der Waals surface area contributed by atoms with Crippen LogP contribution in [0.2, 0.25) is 0 Å². The highest BCUT2D eigenvalue weighted by molar-refractivity contribution is 4.95. The van der Waals surface area contributed by atoms with Crippen LogP contribution in [-0.4, -0.2) is 36.3 Å². The Hall–Kier alpha value is -0.500. The average Bonchev–Trinajstić information content (AvgIpc) is 2.08. The van der Waals surface area contributed by atoms with Crippen LogP contribution in [0.3, 0.4) is 0 Å². The van der Waals surface area contributed by atoms with Gasteiger partial charge in [0.2, 0.25) is 0 Å². The number of hydrogen-bond donors (Lipinski definition) is 1. The Morgan fingerprint density at radius 1 is 1.00 bits per heavy atom. The fourth-order valence-electron chi connectivity index (χ4n) is 1.25. The maximum absolute atomic E-state index is 12.5. The third-order valence-corrected chi connectivity index (χ3v) is 1.96. The fraction of sp³-hybridized carbons (Fsp3) is 1.00. The predicted octanol–water partition coefficient (Wildman–Crippen LogP) is 2.66. The molecule has 0 amide bonds. The Balaban J connectivity index is 5.23. The van der Waals surface area contributed by atoms with Gasteiger partial charge in [-0.25, -0.2) is 0 Å². The Bertz CT molecular complexity index is 196. The highest BCUT2D eigenvalue weighted by atomic mass is 19.4. The lowest BCUT2D eigenvalue weighted by Gasteiger charge is -2.36. The normalized spacial score (nSPS) is 14.2. The second-order valence-corrected chi connectivity index (χ2v) is 3.14. The second-order valence-electron chi connectivity index (χ2n) is 3.14. The Labute approximate surface area is 88.2 Å². The summed E-state index contributed by atoms with van der Waals surface area (Å²) in [6.45, 7) is -0.731. The molecule has 98 valence electrons. The molecule has 2 nitrogen and oxygen atoms in total. The van der Waals surface area contributed by atoms with E-state index in [1.165, 1.54) is 6.92 Å². The van der Waals surface area contributed by atoms with Gasteiger partial charge in [0.1, 0.15) is 0 Å². The van der Waals surface area contributed by atoms with Gasteiger partial charge in [-0.2, -0.15) is 26.3 Å². The fourth-order valence-corrected chi connectivity index (χ4v) is 1.25. The average molecular weight is 254 g/mol. The van der Waals surface area contributed by atoms with Crippen LogP contribution in [0.15, 0.2) is 0 Å². The molecule has 0 bridgehead atoms. The third-order valence-electron chi connectivity index (χ3n) is 1.96. The summed E-state index contributed by atoms with van der Waals surface area (Å²) in [5.74, 6) is 0. The molecule has 0 saturated carbocycles. The van der Waals surface area contributed by atoms with E-state index in [2.05, 4.69) is 4.74 Å². The van der Waals surface area contributed by atoms with Crippen molar-refractivity contribution in [1.82, 2.24) is 0 Å². The van der Waals surface area contributed by atoms with Crippen molar-refractivity contribution >= 4 is 0 Å². The lowest BCUT2D eigenvalue weighted by Crippen LogP contribution is -2.59. The standard InChI is InChI=1S/C8H12F6O2/c1-2-3-6(7(9,10)11,8(12,13)14)16-5-4-15/h15H,2-5H2,1H3. The molecule has 16 heavy (non-hydrogen) atoms. The van der Waals surface area contributed by atoms with Crippen LogP contribution in [0.1, 0.15) is 19.8 Å². The van der Waals surface area contributed by atoms with Gasteiger partial charge in [0, 0.05) is 0 Å². The van der Waals surface area contributed by atoms with Crippen molar-refractivity contribution in [1.29, 1.82) is 0 Å². The number of rotatable bonds is 5. The molecular weight excluding hydrogens is 242 g/mol. The van der Waals surface area contributed by atoms with Gasteiger partial charge in [-0.1, -0.05) is 13.3 Å². The molecule has 8 heteroatoms. The van der Waals surface area contributed by atoms with Gasteiger partial charge in [-0.15, -0.1) is 0 Å². The molecule has 0 unspecified atom stereocenters. The molecule has 0 aliphatic rings. The van der Waals surface area contributed by atoms with E-state index in [0.29, 0.717) is 0 Å². The smallest absolute Gasteiger partial charge is 0.394 e. The summed E-state index contributed by atoms with van der Waals surface area (Å²) in [5, 5.41) is 8.27. The van der Waals surface area contributed by atoms with Crippen molar-refractivity contribution < 1.29 is 36.2 Å². The van der Waals surface area contributed by atoms with Gasteiger partial charge in [0.25, 0.3) is 5.60 Å². The van der Waals surface area contributed by atoms with Gasteiger partial charge in [-0.3, -0.25) is 0 Å². The monoisotopic (exact) mass is 254 g/mol. The molecule has 0 atom stereocenters. The summed E-state index contributed by atoms with van der Waals surface area (Å²) in [4.78, 5) is 0. The Morgan fingerprint density at radius 3 is 1.69 bits per heavy atom. The number of halogens is 6. The van der Waals surface area contributed by atoms with Gasteiger partial charge < -0.3 is 9.84 Å². The molecule has 0 heterocycles. The van der Waals surface area contributed by atoms with Crippen LogP contribution < -0.4 is 0 Å². The number of aliphatic hydroxyl groups excluding tert-OH is 1. The zero-order valence-corrected chi connectivity index (χ0v) is 8.45. The van der Waals surface area contributed by atoms with E-state index >= 15 is 0 Å². The van der Waals surface area contributed by atoms with Crippen LogP contribution >= 0.6 is 0 Å². The minimum atomic E-state index is -5.56. The van der Waals surface area contributed by atoms with Crippen molar-refractivity contribution in [2.24, 2.45) is 0 Å². The number of hydrogen-bond acceptors (Lipinski definition) is 2. The molecule has 0 rings (SSSR count). The van der Waals surface area contributed by atoms with Crippen molar-refractivity contribution in [3.8, 4) is 0 Å². The van der Waals surface area contributed by atoms with E-state index in [0.717, 1.165) is 0 Å².